The summed E-state index contributed by atoms with van der Waals surface area (Å²) < 4.78 is 71.2. The second-order valence-electron chi connectivity index (χ2n) is 8.17. The summed E-state index contributed by atoms with van der Waals surface area (Å²) in [4.78, 5) is 104. The summed E-state index contributed by atoms with van der Waals surface area (Å²) in [5, 5.41) is 0. The minimum atomic E-state index is -1.00. The molecule has 0 unspecified atom stereocenters. The summed E-state index contributed by atoms with van der Waals surface area (Å²) >= 11 is 0. The Morgan fingerprint density at radius 1 is 0.426 bits per heavy atom. The van der Waals surface area contributed by atoms with Gasteiger partial charge < -0.3 is 42.6 Å². The number of halogens is 2. The van der Waals surface area contributed by atoms with Crippen LogP contribution in [0.5, 0.6) is 0 Å². The Hall–Kier alpha value is -6.54. The first-order chi connectivity index (χ1) is 29.2. The maximum absolute atomic E-state index is 10.6. The average Bonchev–Trinajstić information content (AvgIpc) is 3.24. The number of carbonyl (C=O) groups is 10. The molecule has 0 aromatic rings. The van der Waals surface area contributed by atoms with E-state index in [0.29, 0.717) is 33.3 Å². The molecule has 0 aliphatic carbocycles. The predicted molar refractivity (Wildman–Crippen MR) is 220 cm³/mol. The van der Waals surface area contributed by atoms with Gasteiger partial charge in [-0.05, 0) is 47.6 Å². The second-order valence-corrected chi connectivity index (χ2v) is 8.17. The van der Waals surface area contributed by atoms with Crippen LogP contribution in [0.3, 0.4) is 0 Å². The van der Waals surface area contributed by atoms with E-state index < -0.39 is 60.9 Å². The number of hydrogen-bond donors (Lipinski definition) is 0. The standard InChI is InChI=1S/2C8H12O4.2C6H8O4.C6H8O3.C2H5F.C2H6.CH3F.CH4/c2*1-3-11-7(9)5-6-8(10)12-4-2;2*1-9-5(7)3-4-6(8)10-2;1-5(7)3-4-6(8)9-2;1-2-3;2*1-2;/h2*5-6H,3-4H2,1-2H3;2*3-4H,1-2H3;3-4H,1-2H3;2H2,1H3;1-2H3;1H3;1H4/b6-5+;6-5-;4-3+;4-3-;4-3+;;;;/i;;;;;;2*1D;. The van der Waals surface area contributed by atoms with Gasteiger partial charge in [0.2, 0.25) is 0 Å². The van der Waals surface area contributed by atoms with Crippen molar-refractivity contribution in [3.05, 3.63) is 60.8 Å². The fraction of sp³-hybridized carbons (Fsp3) is 0.500. The number of carbonyl (C=O) groups excluding carboxylic acids is 10. The van der Waals surface area contributed by atoms with Crippen molar-refractivity contribution in [2.45, 2.75) is 62.8 Å². The van der Waals surface area contributed by atoms with Crippen molar-refractivity contribution in [2.24, 2.45) is 0 Å². The van der Waals surface area contributed by atoms with Crippen molar-refractivity contribution in [3.63, 3.8) is 0 Å². The highest BCUT2D eigenvalue weighted by atomic mass is 19.1. The molecule has 0 saturated carbocycles. The number of alkyl halides is 2. The van der Waals surface area contributed by atoms with E-state index in [-0.39, 0.29) is 19.9 Å². The Bertz CT molecular complexity index is 1200. The van der Waals surface area contributed by atoms with Gasteiger partial charge in [0.1, 0.15) is 0 Å². The Balaban J connectivity index is -0.0000000786. The van der Waals surface area contributed by atoms with E-state index in [1.165, 1.54) is 49.4 Å². The highest BCUT2D eigenvalue weighted by molar-refractivity contribution is 5.95. The lowest BCUT2D eigenvalue weighted by molar-refractivity contribution is -0.140. The highest BCUT2D eigenvalue weighted by Gasteiger charge is 1.99. The fourth-order valence-electron chi connectivity index (χ4n) is 1.83. The van der Waals surface area contributed by atoms with Gasteiger partial charge in [0.25, 0.3) is 0 Å². The van der Waals surface area contributed by atoms with Gasteiger partial charge in [0.05, 0.1) is 77.2 Å². The number of ether oxygens (including phenoxy) is 9. The van der Waals surface area contributed by atoms with Gasteiger partial charge in [-0.2, -0.15) is 0 Å². The predicted octanol–water partition coefficient (Wildman–Crippen LogP) is 4.64. The molecule has 0 aromatic heterocycles. The first kappa shape index (κ1) is 69.1. The van der Waals surface area contributed by atoms with Crippen LogP contribution >= 0.6 is 0 Å². The zero-order valence-electron chi connectivity index (χ0n) is 38.2. The molecule has 0 spiro atoms. The summed E-state index contributed by atoms with van der Waals surface area (Å²) in [6.45, 7) is 12.8. The number of allylic oxidation sites excluding steroid dienone is 1. The normalized spacial score (nSPS) is 9.28. The molecule has 0 bridgehead atoms. The molecule has 0 fully saturated rings. The molecule has 354 valence electrons. The van der Waals surface area contributed by atoms with Crippen LogP contribution in [0.15, 0.2) is 60.8 Å². The zero-order chi connectivity index (χ0) is 50.2. The molecule has 0 saturated heterocycles. The van der Waals surface area contributed by atoms with Crippen molar-refractivity contribution in [1.82, 2.24) is 0 Å². The third kappa shape index (κ3) is 86.5. The number of esters is 9. The maximum Gasteiger partial charge on any atom is 0.330 e. The first-order valence-corrected chi connectivity index (χ1v) is 16.9. The van der Waals surface area contributed by atoms with Gasteiger partial charge in [0, 0.05) is 56.1 Å². The summed E-state index contributed by atoms with van der Waals surface area (Å²) in [7, 11) is 5.16. The largest absolute Gasteiger partial charge is 0.466 e. The molecule has 0 radical (unpaired) electrons. The van der Waals surface area contributed by atoms with Gasteiger partial charge in [0.15, 0.2) is 5.78 Å². The lowest BCUT2D eigenvalue weighted by Gasteiger charge is -1.95. The van der Waals surface area contributed by atoms with Crippen LogP contribution < -0.4 is 0 Å². The Morgan fingerprint density at radius 3 is 0.672 bits per heavy atom. The molecule has 61 heavy (non-hydrogen) atoms. The van der Waals surface area contributed by atoms with Crippen molar-refractivity contribution >= 4 is 59.5 Å². The van der Waals surface area contributed by atoms with Gasteiger partial charge in [-0.25, -0.2) is 43.2 Å². The monoisotopic (exact) mass is 890 g/mol. The number of methoxy groups -OCH3 is 5. The molecule has 21 heteroatoms. The molecule has 0 aliphatic heterocycles. The zero-order valence-corrected chi connectivity index (χ0v) is 36.2. The van der Waals surface area contributed by atoms with Crippen LogP contribution in [0.2, 0.25) is 0 Å². The Labute approximate surface area is 360 Å². The van der Waals surface area contributed by atoms with Crippen molar-refractivity contribution < 1.29 is 102 Å². The van der Waals surface area contributed by atoms with Crippen LogP contribution in [0.4, 0.5) is 8.78 Å². The number of rotatable bonds is 14. The minimum absolute atomic E-state index is 0. The Kier molecular flexibility index (Phi) is 74.0. The van der Waals surface area contributed by atoms with E-state index in [0.717, 1.165) is 60.8 Å². The van der Waals surface area contributed by atoms with Crippen molar-refractivity contribution in [3.8, 4) is 0 Å². The summed E-state index contributed by atoms with van der Waals surface area (Å²) in [5.74, 6) is -5.13. The van der Waals surface area contributed by atoms with E-state index >= 15 is 0 Å². The SMILES string of the molecule is C.CCF.CCOC(=O)/C=C/C(=O)OCC.CCOC(=O)/C=C\C(=O)OCC.COC(=O)/C=C/C(=O)OC.COC(=O)/C=C/C(C)=O.COC(=O)/C=C\C(=O)OC.[2H]CC.[2H]CF. The Morgan fingerprint density at radius 2 is 0.557 bits per heavy atom. The second kappa shape index (κ2) is 65.3. The minimum Gasteiger partial charge on any atom is -0.466 e. The van der Waals surface area contributed by atoms with Crippen molar-refractivity contribution in [2.75, 3.05) is 75.8 Å². The van der Waals surface area contributed by atoms with Crippen LogP contribution in [0, 0.1) is 0 Å². The van der Waals surface area contributed by atoms with E-state index in [9.17, 15) is 56.7 Å². The van der Waals surface area contributed by atoms with E-state index in [4.69, 9.17) is 2.74 Å². The molecule has 0 N–H and O–H groups in total. The maximum atomic E-state index is 10.6. The molecule has 0 atom stereocenters. The molecule has 19 nitrogen and oxygen atoms in total. The number of hydrogen-bond acceptors (Lipinski definition) is 19. The lowest BCUT2D eigenvalue weighted by atomic mass is 10.4. The molecule has 0 aromatic carbocycles. The van der Waals surface area contributed by atoms with Gasteiger partial charge in [-0.3, -0.25) is 13.6 Å². The van der Waals surface area contributed by atoms with Crippen LogP contribution in [-0.4, -0.2) is 135 Å². The summed E-state index contributed by atoms with van der Waals surface area (Å²) in [6.07, 6.45) is 10.4. The van der Waals surface area contributed by atoms with Crippen LogP contribution in [-0.2, 0) is 90.6 Å². The third-order valence-electron chi connectivity index (χ3n) is 4.03. The van der Waals surface area contributed by atoms with E-state index in [2.05, 4.69) is 42.6 Å². The molecule has 0 heterocycles. The highest BCUT2D eigenvalue weighted by Crippen LogP contribution is 1.86. The molecule has 0 rings (SSSR count). The summed E-state index contributed by atoms with van der Waals surface area (Å²) in [6, 6.07) is 0. The molecular weight excluding hydrogens is 822 g/mol. The summed E-state index contributed by atoms with van der Waals surface area (Å²) in [5.41, 5.74) is 0. The third-order valence-corrected chi connectivity index (χ3v) is 4.03. The lowest BCUT2D eigenvalue weighted by Crippen LogP contribution is -2.03. The van der Waals surface area contributed by atoms with E-state index in [1.807, 2.05) is 0 Å². The smallest absolute Gasteiger partial charge is 0.330 e. The molecular formula is C40H66F2O19. The topological polar surface area (TPSA) is 254 Å². The first-order valence-electron chi connectivity index (χ1n) is 18.3. The number of ketones is 1. The quantitative estimate of drug-likeness (QED) is 0.131. The molecule has 0 aliphatic rings. The van der Waals surface area contributed by atoms with E-state index in [1.54, 1.807) is 34.6 Å². The van der Waals surface area contributed by atoms with Gasteiger partial charge >= 0.3 is 53.7 Å². The molecule has 0 amide bonds. The fourth-order valence-corrected chi connectivity index (χ4v) is 1.83. The van der Waals surface area contributed by atoms with Gasteiger partial charge in [-0.1, -0.05) is 21.3 Å². The average molecular weight is 891 g/mol. The van der Waals surface area contributed by atoms with Crippen molar-refractivity contribution in [1.29, 1.82) is 0 Å². The van der Waals surface area contributed by atoms with Gasteiger partial charge in [-0.15, -0.1) is 0 Å². The van der Waals surface area contributed by atoms with Crippen LogP contribution in [0.1, 0.15) is 65.5 Å². The van der Waals surface area contributed by atoms with Crippen LogP contribution in [0.25, 0.3) is 0 Å².